The van der Waals surface area contributed by atoms with Gasteiger partial charge in [-0.15, -0.1) is 0 Å². The van der Waals surface area contributed by atoms with Gasteiger partial charge in [-0.05, 0) is 91.8 Å². The molecule has 0 bridgehead atoms. The molecule has 12 heteroatoms. The third-order valence-electron chi connectivity index (χ3n) is 8.22. The van der Waals surface area contributed by atoms with Crippen LogP contribution < -0.4 is 11.5 Å². The molecule has 1 amide bonds. The summed E-state index contributed by atoms with van der Waals surface area (Å²) in [6.45, 7) is 0. The van der Waals surface area contributed by atoms with Crippen molar-refractivity contribution in [3.8, 4) is 34.2 Å². The van der Waals surface area contributed by atoms with Gasteiger partial charge in [-0.1, -0.05) is 6.07 Å². The minimum atomic E-state index is -0.986. The highest BCUT2D eigenvalue weighted by molar-refractivity contribution is 5.95. The smallest absolute Gasteiger partial charge is 0.251 e. The lowest BCUT2D eigenvalue weighted by atomic mass is 10.1. The third-order valence-corrected chi connectivity index (χ3v) is 8.22. The van der Waals surface area contributed by atoms with Gasteiger partial charge in [-0.25, -0.2) is 19.3 Å². The molecule has 0 spiro atoms. The molecule has 1 saturated carbocycles. The van der Waals surface area contributed by atoms with Crippen molar-refractivity contribution in [3.05, 3.63) is 101 Å². The molecule has 11 nitrogen and oxygen atoms in total. The van der Waals surface area contributed by atoms with Crippen molar-refractivity contribution < 1.29 is 19.1 Å². The zero-order chi connectivity index (χ0) is 31.9. The van der Waals surface area contributed by atoms with Crippen molar-refractivity contribution in [3.63, 3.8) is 0 Å². The molecule has 2 aromatic carbocycles. The lowest BCUT2D eigenvalue weighted by Crippen LogP contribution is -2.13. The summed E-state index contributed by atoms with van der Waals surface area (Å²) in [7, 11) is 0. The number of nitrogens with zero attached hydrogens (tertiary/aromatic N) is 6. The van der Waals surface area contributed by atoms with Crippen LogP contribution in [-0.2, 0) is 12.8 Å². The molecule has 4 heterocycles. The Hall–Kier alpha value is -5.91. The molecular formula is C34H29FN8O3. The van der Waals surface area contributed by atoms with Crippen LogP contribution in [0.4, 0.5) is 10.2 Å². The van der Waals surface area contributed by atoms with E-state index in [0.29, 0.717) is 24.2 Å². The maximum absolute atomic E-state index is 12.8. The number of carbonyl (C=O) groups is 2. The summed E-state index contributed by atoms with van der Waals surface area (Å²) in [5, 5.41) is 13.7. The van der Waals surface area contributed by atoms with E-state index in [2.05, 4.69) is 38.6 Å². The number of phenols is 1. The summed E-state index contributed by atoms with van der Waals surface area (Å²) >= 11 is 0. The molecule has 2 aliphatic carbocycles. The number of pyridine rings is 2. The first kappa shape index (κ1) is 28.8. The minimum Gasteiger partial charge on any atom is -0.507 e. The maximum atomic E-state index is 12.8. The molecule has 0 unspecified atom stereocenters. The number of nitrogens with two attached hydrogens (primary N) is 2. The molecule has 0 radical (unpaired) electrons. The van der Waals surface area contributed by atoms with E-state index in [1.54, 1.807) is 6.20 Å². The van der Waals surface area contributed by atoms with Gasteiger partial charge in [0.05, 0.1) is 28.4 Å². The zero-order valence-electron chi connectivity index (χ0n) is 24.6. The quantitative estimate of drug-likeness (QED) is 0.215. The van der Waals surface area contributed by atoms with E-state index in [1.165, 1.54) is 30.4 Å². The molecule has 0 saturated heterocycles. The van der Waals surface area contributed by atoms with E-state index in [-0.39, 0.29) is 5.56 Å². The number of fused-ring (bicyclic) bond motifs is 2. The Kier molecular flexibility index (Phi) is 7.24. The van der Waals surface area contributed by atoms with Gasteiger partial charge in [0.15, 0.2) is 17.8 Å². The largest absolute Gasteiger partial charge is 0.507 e. The SMILES string of the molecule is NC(=O)c1cc(C=O)c(O)cc1F.Nc1ncccc1-c1nc2ccc(-c3ccn(C4CC4)n3)nc2n1-c1ccc2c(c1)CCC2. The summed E-state index contributed by atoms with van der Waals surface area (Å²) in [6, 6.07) is 18.7. The predicted octanol–water partition coefficient (Wildman–Crippen LogP) is 5.19. The first-order valence-corrected chi connectivity index (χ1v) is 14.9. The molecule has 230 valence electrons. The van der Waals surface area contributed by atoms with Crippen molar-refractivity contribution in [2.75, 3.05) is 5.73 Å². The van der Waals surface area contributed by atoms with Gasteiger partial charge in [0.2, 0.25) is 0 Å². The number of aromatic nitrogens is 6. The Morgan fingerprint density at radius 2 is 1.83 bits per heavy atom. The Morgan fingerprint density at radius 3 is 2.59 bits per heavy atom. The highest BCUT2D eigenvalue weighted by Gasteiger charge is 2.25. The first-order chi connectivity index (χ1) is 22.3. The second kappa shape index (κ2) is 11.5. The number of aryl methyl sites for hydroxylation is 2. The van der Waals surface area contributed by atoms with Crippen LogP contribution in [0.25, 0.3) is 39.6 Å². The number of anilines is 1. The van der Waals surface area contributed by atoms with Crippen LogP contribution in [0.2, 0.25) is 0 Å². The van der Waals surface area contributed by atoms with Crippen LogP contribution in [0.1, 0.15) is 57.1 Å². The van der Waals surface area contributed by atoms with Gasteiger partial charge in [0.25, 0.3) is 5.91 Å². The van der Waals surface area contributed by atoms with Crippen molar-refractivity contribution in [2.24, 2.45) is 5.73 Å². The average Bonchev–Trinajstić information content (AvgIpc) is 3.43. The molecule has 4 aromatic heterocycles. The average molecular weight is 617 g/mol. The monoisotopic (exact) mass is 616 g/mol. The van der Waals surface area contributed by atoms with E-state index < -0.39 is 23.0 Å². The molecule has 2 aliphatic rings. The van der Waals surface area contributed by atoms with Crippen LogP contribution in [-0.4, -0.2) is 46.6 Å². The van der Waals surface area contributed by atoms with Crippen LogP contribution in [0.3, 0.4) is 0 Å². The number of hydrogen-bond acceptors (Lipinski definition) is 8. The van der Waals surface area contributed by atoms with Crippen LogP contribution in [0, 0.1) is 5.82 Å². The Bertz CT molecular complexity index is 2150. The van der Waals surface area contributed by atoms with Gasteiger partial charge in [0.1, 0.15) is 28.6 Å². The summed E-state index contributed by atoms with van der Waals surface area (Å²) < 4.78 is 17.0. The van der Waals surface area contributed by atoms with E-state index in [1.807, 2.05) is 30.3 Å². The molecule has 46 heavy (non-hydrogen) atoms. The number of aldehydes is 1. The second-order valence-electron chi connectivity index (χ2n) is 11.3. The van der Waals surface area contributed by atoms with Crippen molar-refractivity contribution in [2.45, 2.75) is 38.1 Å². The van der Waals surface area contributed by atoms with E-state index in [0.717, 1.165) is 58.5 Å². The van der Waals surface area contributed by atoms with Crippen LogP contribution in [0.15, 0.2) is 73.1 Å². The van der Waals surface area contributed by atoms with E-state index >= 15 is 0 Å². The number of amides is 1. The first-order valence-electron chi connectivity index (χ1n) is 14.9. The molecule has 6 aromatic rings. The van der Waals surface area contributed by atoms with Gasteiger partial charge in [-0.2, -0.15) is 5.10 Å². The Morgan fingerprint density at radius 1 is 1.00 bits per heavy atom. The normalized spacial score (nSPS) is 13.7. The minimum absolute atomic E-state index is 0.171. The molecular weight excluding hydrogens is 587 g/mol. The third kappa shape index (κ3) is 5.34. The molecule has 8 rings (SSSR count). The Labute approximate surface area is 262 Å². The fraction of sp³-hybridized carbons (Fsp3) is 0.176. The van der Waals surface area contributed by atoms with E-state index in [4.69, 9.17) is 31.6 Å². The number of benzene rings is 2. The van der Waals surface area contributed by atoms with Gasteiger partial charge < -0.3 is 16.6 Å². The summed E-state index contributed by atoms with van der Waals surface area (Å²) in [6.07, 6.45) is 9.93. The van der Waals surface area contributed by atoms with Gasteiger partial charge in [-0.3, -0.25) is 18.8 Å². The lowest BCUT2D eigenvalue weighted by molar-refractivity contribution is 0.0996. The van der Waals surface area contributed by atoms with Crippen molar-refractivity contribution >= 4 is 29.2 Å². The highest BCUT2D eigenvalue weighted by atomic mass is 19.1. The number of phenolic OH excluding ortho intramolecular Hbond substituents is 1. The summed E-state index contributed by atoms with van der Waals surface area (Å²) in [5.74, 6) is -1.24. The van der Waals surface area contributed by atoms with Crippen molar-refractivity contribution in [1.82, 2.24) is 29.3 Å². The molecule has 0 atom stereocenters. The molecule has 0 aliphatic heterocycles. The number of primary amides is 1. The standard InChI is InChI=1S/C26H23N7.C8H6FNO3/c27-24-20(5-2-13-28-24)25-30-23-11-10-21(22-12-14-32(31-22)18-8-9-18)29-26(23)33(25)19-7-6-16-3-1-4-17(16)15-19;9-6-2-7(12)4(3-11)1-5(6)8(10)13/h2,5-7,10-15,18H,1,3-4,8-9H2,(H2,27,28);1-3,12H,(H2,10,13). The van der Waals surface area contributed by atoms with Crippen LogP contribution in [0.5, 0.6) is 5.75 Å². The second-order valence-corrected chi connectivity index (χ2v) is 11.3. The zero-order valence-corrected chi connectivity index (χ0v) is 24.6. The van der Waals surface area contributed by atoms with Gasteiger partial charge >= 0.3 is 0 Å². The number of aromatic hydroxyl groups is 1. The fourth-order valence-electron chi connectivity index (χ4n) is 5.71. The fourth-order valence-corrected chi connectivity index (χ4v) is 5.71. The lowest BCUT2D eigenvalue weighted by Gasteiger charge is -2.12. The molecule has 1 fully saturated rings. The number of rotatable bonds is 6. The van der Waals surface area contributed by atoms with Crippen LogP contribution >= 0.6 is 0 Å². The Balaban J connectivity index is 0.000000221. The number of halogens is 1. The number of hydrogen-bond donors (Lipinski definition) is 3. The predicted molar refractivity (Wildman–Crippen MR) is 170 cm³/mol. The number of imidazole rings is 1. The summed E-state index contributed by atoms with van der Waals surface area (Å²) in [5.41, 5.74) is 18.5. The molecule has 5 N–H and O–H groups in total. The topological polar surface area (TPSA) is 168 Å². The number of carbonyl (C=O) groups excluding carboxylic acids is 2. The summed E-state index contributed by atoms with van der Waals surface area (Å²) in [4.78, 5) is 35.2. The van der Waals surface area contributed by atoms with Gasteiger partial charge in [0, 0.05) is 24.1 Å². The van der Waals surface area contributed by atoms with Crippen molar-refractivity contribution in [1.29, 1.82) is 0 Å². The van der Waals surface area contributed by atoms with E-state index in [9.17, 15) is 14.0 Å². The number of nitrogen functional groups attached to an aromatic ring is 1. The highest BCUT2D eigenvalue weighted by Crippen LogP contribution is 2.36. The maximum Gasteiger partial charge on any atom is 0.251 e.